The first kappa shape index (κ1) is 13.8. The summed E-state index contributed by atoms with van der Waals surface area (Å²) in [5.74, 6) is 0.694. The number of halogens is 2. The van der Waals surface area contributed by atoms with Crippen molar-refractivity contribution in [1.29, 1.82) is 0 Å². The van der Waals surface area contributed by atoms with Crippen molar-refractivity contribution in [1.82, 2.24) is 0 Å². The fraction of sp³-hybridized carbons (Fsp3) is 0.400. The Morgan fingerprint density at radius 2 is 2.12 bits per heavy atom. The number of ether oxygens (including phenoxy) is 1. The predicted molar refractivity (Wildman–Crippen MR) is 69.0 cm³/mol. The molecule has 0 N–H and O–H groups in total. The van der Waals surface area contributed by atoms with E-state index in [2.05, 4.69) is 15.9 Å². The van der Waals surface area contributed by atoms with Gasteiger partial charge in [-0.25, -0.2) is 8.42 Å². The largest absolute Gasteiger partial charge is 0.492 e. The molecule has 0 saturated heterocycles. The minimum Gasteiger partial charge on any atom is -0.492 e. The van der Waals surface area contributed by atoms with Crippen LogP contribution in [0.1, 0.15) is 6.42 Å². The van der Waals surface area contributed by atoms with E-state index in [-0.39, 0.29) is 5.75 Å². The van der Waals surface area contributed by atoms with E-state index in [9.17, 15) is 8.42 Å². The lowest BCUT2D eigenvalue weighted by atomic mass is 10.3. The molecule has 0 radical (unpaired) electrons. The molecule has 0 bridgehead atoms. The Hall–Kier alpha value is -0.260. The smallest absolute Gasteiger partial charge is 0.147 e. The van der Waals surface area contributed by atoms with E-state index in [0.717, 1.165) is 4.47 Å². The van der Waals surface area contributed by atoms with Crippen LogP contribution in [-0.4, -0.2) is 27.0 Å². The van der Waals surface area contributed by atoms with Gasteiger partial charge in [0.15, 0.2) is 0 Å². The molecule has 0 heterocycles. The molecule has 0 atom stereocenters. The number of rotatable bonds is 5. The SMILES string of the molecule is CS(=O)(=O)CCCOc1ccc(Br)cc1Cl. The van der Waals surface area contributed by atoms with Gasteiger partial charge in [-0.05, 0) is 24.6 Å². The maximum absolute atomic E-state index is 10.9. The van der Waals surface area contributed by atoms with Gasteiger partial charge >= 0.3 is 0 Å². The van der Waals surface area contributed by atoms with Crippen molar-refractivity contribution in [3.63, 3.8) is 0 Å². The van der Waals surface area contributed by atoms with E-state index in [0.29, 0.717) is 23.8 Å². The molecule has 0 aromatic heterocycles. The number of hydrogen-bond donors (Lipinski definition) is 0. The Morgan fingerprint density at radius 1 is 1.44 bits per heavy atom. The summed E-state index contributed by atoms with van der Waals surface area (Å²) < 4.78 is 28.0. The second-order valence-electron chi connectivity index (χ2n) is 3.41. The van der Waals surface area contributed by atoms with Crippen molar-refractivity contribution in [3.8, 4) is 5.75 Å². The Bertz CT molecular complexity index is 459. The lowest BCUT2D eigenvalue weighted by molar-refractivity contribution is 0.318. The standard InChI is InChI=1S/C10H12BrClO3S/c1-16(13,14)6-2-5-15-10-4-3-8(11)7-9(10)12/h3-4,7H,2,5-6H2,1H3. The minimum absolute atomic E-state index is 0.126. The topological polar surface area (TPSA) is 43.4 Å². The minimum atomic E-state index is -2.92. The molecule has 0 aliphatic rings. The van der Waals surface area contributed by atoms with Crippen LogP contribution in [0.4, 0.5) is 0 Å². The second kappa shape index (κ2) is 5.89. The fourth-order valence-electron chi connectivity index (χ4n) is 1.10. The van der Waals surface area contributed by atoms with E-state index in [1.54, 1.807) is 12.1 Å². The summed E-state index contributed by atoms with van der Waals surface area (Å²) >= 11 is 9.21. The molecule has 90 valence electrons. The second-order valence-corrected chi connectivity index (χ2v) is 6.99. The predicted octanol–water partition coefficient (Wildman–Crippen LogP) is 2.92. The molecule has 16 heavy (non-hydrogen) atoms. The van der Waals surface area contributed by atoms with Crippen LogP contribution in [0.25, 0.3) is 0 Å². The van der Waals surface area contributed by atoms with Crippen molar-refractivity contribution in [3.05, 3.63) is 27.7 Å². The lowest BCUT2D eigenvalue weighted by Gasteiger charge is -2.07. The molecule has 1 aromatic carbocycles. The number of hydrogen-bond acceptors (Lipinski definition) is 3. The number of benzene rings is 1. The van der Waals surface area contributed by atoms with Crippen molar-refractivity contribution in [2.24, 2.45) is 0 Å². The van der Waals surface area contributed by atoms with Crippen molar-refractivity contribution >= 4 is 37.4 Å². The lowest BCUT2D eigenvalue weighted by Crippen LogP contribution is -2.08. The molecule has 0 fully saturated rings. The third-order valence-electron chi connectivity index (χ3n) is 1.81. The summed E-state index contributed by atoms with van der Waals surface area (Å²) in [5, 5.41) is 0.508. The van der Waals surface area contributed by atoms with Crippen molar-refractivity contribution < 1.29 is 13.2 Å². The van der Waals surface area contributed by atoms with Crippen LogP contribution >= 0.6 is 27.5 Å². The molecule has 1 rings (SSSR count). The van der Waals surface area contributed by atoms with Gasteiger partial charge in [0, 0.05) is 10.7 Å². The van der Waals surface area contributed by atoms with Crippen LogP contribution in [0.5, 0.6) is 5.75 Å². The van der Waals surface area contributed by atoms with E-state index in [4.69, 9.17) is 16.3 Å². The molecule has 0 aliphatic carbocycles. The van der Waals surface area contributed by atoms with Gasteiger partial charge in [0.1, 0.15) is 15.6 Å². The summed E-state index contributed by atoms with van der Waals surface area (Å²) in [6, 6.07) is 5.29. The normalized spacial score (nSPS) is 11.4. The zero-order valence-electron chi connectivity index (χ0n) is 8.74. The first-order valence-electron chi connectivity index (χ1n) is 4.64. The zero-order chi connectivity index (χ0) is 12.2. The van der Waals surface area contributed by atoms with E-state index in [1.165, 1.54) is 6.26 Å². The van der Waals surface area contributed by atoms with Crippen LogP contribution in [-0.2, 0) is 9.84 Å². The number of sulfone groups is 1. The van der Waals surface area contributed by atoms with Gasteiger partial charge in [0.25, 0.3) is 0 Å². The monoisotopic (exact) mass is 326 g/mol. The molecule has 6 heteroatoms. The molecule has 3 nitrogen and oxygen atoms in total. The Morgan fingerprint density at radius 3 is 2.69 bits per heavy atom. The molecule has 0 spiro atoms. The highest BCUT2D eigenvalue weighted by Gasteiger charge is 2.04. The van der Waals surface area contributed by atoms with Gasteiger partial charge in [-0.3, -0.25) is 0 Å². The summed E-state index contributed by atoms with van der Waals surface area (Å²) in [5.41, 5.74) is 0. The van der Waals surface area contributed by atoms with Crippen LogP contribution in [0.2, 0.25) is 5.02 Å². The highest BCUT2D eigenvalue weighted by Crippen LogP contribution is 2.27. The highest BCUT2D eigenvalue weighted by molar-refractivity contribution is 9.10. The Labute approximate surface area is 109 Å². The summed E-state index contributed by atoms with van der Waals surface area (Å²) in [6.45, 7) is 0.342. The zero-order valence-corrected chi connectivity index (χ0v) is 11.9. The van der Waals surface area contributed by atoms with Gasteiger partial charge in [0.2, 0.25) is 0 Å². The van der Waals surface area contributed by atoms with Gasteiger partial charge < -0.3 is 4.74 Å². The average molecular weight is 328 g/mol. The Balaban J connectivity index is 2.43. The molecule has 1 aromatic rings. The third kappa shape index (κ3) is 5.18. The summed E-state index contributed by atoms with van der Waals surface area (Å²) in [6.07, 6.45) is 1.67. The van der Waals surface area contributed by atoms with Gasteiger partial charge in [-0.15, -0.1) is 0 Å². The summed E-state index contributed by atoms with van der Waals surface area (Å²) in [4.78, 5) is 0. The molecule has 0 unspecified atom stereocenters. The van der Waals surface area contributed by atoms with Crippen LogP contribution in [0.15, 0.2) is 22.7 Å². The van der Waals surface area contributed by atoms with E-state index < -0.39 is 9.84 Å². The third-order valence-corrected chi connectivity index (χ3v) is 3.63. The maximum Gasteiger partial charge on any atom is 0.147 e. The molecule has 0 saturated carbocycles. The van der Waals surface area contributed by atoms with E-state index >= 15 is 0 Å². The van der Waals surface area contributed by atoms with Crippen molar-refractivity contribution in [2.45, 2.75) is 6.42 Å². The highest BCUT2D eigenvalue weighted by atomic mass is 79.9. The first-order valence-corrected chi connectivity index (χ1v) is 7.87. The van der Waals surface area contributed by atoms with Crippen molar-refractivity contribution in [2.75, 3.05) is 18.6 Å². The van der Waals surface area contributed by atoms with Crippen LogP contribution in [0, 0.1) is 0 Å². The average Bonchev–Trinajstić information content (AvgIpc) is 2.13. The van der Waals surface area contributed by atoms with Crippen LogP contribution < -0.4 is 4.74 Å². The molecule has 0 aliphatic heterocycles. The molecular weight excluding hydrogens is 316 g/mol. The summed E-state index contributed by atoms with van der Waals surface area (Å²) in [7, 11) is -2.92. The van der Waals surface area contributed by atoms with Crippen LogP contribution in [0.3, 0.4) is 0 Å². The first-order chi connectivity index (χ1) is 7.38. The molecule has 0 amide bonds. The quantitative estimate of drug-likeness (QED) is 0.781. The van der Waals surface area contributed by atoms with Gasteiger partial charge in [-0.2, -0.15) is 0 Å². The molecular formula is C10H12BrClO3S. The van der Waals surface area contributed by atoms with E-state index in [1.807, 2.05) is 6.07 Å². The maximum atomic E-state index is 10.9. The van der Waals surface area contributed by atoms with Gasteiger partial charge in [0.05, 0.1) is 17.4 Å². The van der Waals surface area contributed by atoms with Gasteiger partial charge in [-0.1, -0.05) is 27.5 Å². The fourth-order valence-corrected chi connectivity index (χ4v) is 2.47. The Kier molecular flexibility index (Phi) is 5.08.